The number of nitrogens with zero attached hydrogens (tertiary/aromatic N) is 1. The number of rotatable bonds is 3. The molecule has 0 radical (unpaired) electrons. The van der Waals surface area contributed by atoms with E-state index in [9.17, 15) is 0 Å². The Bertz CT molecular complexity index is 374. The third-order valence-corrected chi connectivity index (χ3v) is 5.59. The average Bonchev–Trinajstić information content (AvgIpc) is 3.02. The maximum Gasteiger partial charge on any atom is 0.0931 e. The molecule has 3 heteroatoms. The van der Waals surface area contributed by atoms with Gasteiger partial charge in [0, 0.05) is 23.8 Å². The van der Waals surface area contributed by atoms with Gasteiger partial charge in [0.25, 0.3) is 0 Å². The summed E-state index contributed by atoms with van der Waals surface area (Å²) in [6.45, 7) is 0. The highest BCUT2D eigenvalue weighted by atomic mass is 32.1. The first-order valence-corrected chi connectivity index (χ1v) is 8.39. The summed E-state index contributed by atoms with van der Waals surface area (Å²) in [6, 6.07) is 0.464. The Hall–Kier alpha value is -0.410. The van der Waals surface area contributed by atoms with Crippen molar-refractivity contribution in [2.45, 2.75) is 69.7 Å². The van der Waals surface area contributed by atoms with Crippen LogP contribution in [-0.4, -0.2) is 11.0 Å². The zero-order chi connectivity index (χ0) is 12.4. The molecule has 2 saturated carbocycles. The molecule has 100 valence electrons. The van der Waals surface area contributed by atoms with Crippen LogP contribution in [0.15, 0.2) is 5.38 Å². The lowest BCUT2D eigenvalue weighted by Gasteiger charge is -2.25. The predicted octanol–water partition coefficient (Wildman–Crippen LogP) is 3.86. The van der Waals surface area contributed by atoms with Crippen molar-refractivity contribution in [1.82, 2.24) is 4.98 Å². The first-order valence-electron chi connectivity index (χ1n) is 7.51. The Kier molecular flexibility index (Phi) is 4.00. The van der Waals surface area contributed by atoms with E-state index < -0.39 is 0 Å². The minimum absolute atomic E-state index is 0.464. The van der Waals surface area contributed by atoms with Crippen molar-refractivity contribution in [3.63, 3.8) is 0 Å². The first-order chi connectivity index (χ1) is 8.81. The zero-order valence-electron chi connectivity index (χ0n) is 11.1. The maximum absolute atomic E-state index is 5.96. The van der Waals surface area contributed by atoms with E-state index in [1.54, 1.807) is 0 Å². The summed E-state index contributed by atoms with van der Waals surface area (Å²) in [5.41, 5.74) is 7.35. The van der Waals surface area contributed by atoms with E-state index >= 15 is 0 Å². The molecule has 2 fully saturated rings. The van der Waals surface area contributed by atoms with E-state index in [2.05, 4.69) is 5.38 Å². The molecule has 0 aromatic carbocycles. The molecule has 3 rings (SSSR count). The summed E-state index contributed by atoms with van der Waals surface area (Å²) >= 11 is 1.89. The van der Waals surface area contributed by atoms with Gasteiger partial charge in [-0.2, -0.15) is 0 Å². The minimum Gasteiger partial charge on any atom is -0.328 e. The lowest BCUT2D eigenvalue weighted by atomic mass is 9.85. The third-order valence-electron chi connectivity index (χ3n) is 4.70. The van der Waals surface area contributed by atoms with Gasteiger partial charge in [-0.05, 0) is 44.4 Å². The van der Waals surface area contributed by atoms with Gasteiger partial charge in [0.05, 0.1) is 10.7 Å². The van der Waals surface area contributed by atoms with Gasteiger partial charge in [-0.3, -0.25) is 0 Å². The molecule has 1 aromatic rings. The fraction of sp³-hybridized carbons (Fsp3) is 0.800. The predicted molar refractivity (Wildman–Crippen MR) is 77.0 cm³/mol. The second kappa shape index (κ2) is 5.70. The fourth-order valence-corrected chi connectivity index (χ4v) is 4.46. The summed E-state index contributed by atoms with van der Waals surface area (Å²) in [6.07, 6.45) is 11.8. The lowest BCUT2D eigenvalue weighted by Crippen LogP contribution is -2.27. The minimum atomic E-state index is 0.464. The molecule has 2 nitrogen and oxygen atoms in total. The smallest absolute Gasteiger partial charge is 0.0931 e. The number of hydrogen-bond acceptors (Lipinski definition) is 3. The summed E-state index contributed by atoms with van der Waals surface area (Å²) in [5, 5.41) is 3.69. The molecule has 0 unspecified atom stereocenters. The number of nitrogens with two attached hydrogens (primary N) is 1. The first kappa shape index (κ1) is 12.6. The van der Waals surface area contributed by atoms with Crippen LogP contribution < -0.4 is 5.73 Å². The van der Waals surface area contributed by atoms with Crippen LogP contribution >= 0.6 is 11.3 Å². The molecule has 2 N–H and O–H groups in total. The van der Waals surface area contributed by atoms with Gasteiger partial charge in [-0.25, -0.2) is 4.98 Å². The fourth-order valence-electron chi connectivity index (χ4n) is 3.47. The van der Waals surface area contributed by atoms with Crippen molar-refractivity contribution in [3.05, 3.63) is 16.1 Å². The van der Waals surface area contributed by atoms with Gasteiger partial charge in [0.15, 0.2) is 0 Å². The molecule has 0 atom stereocenters. The number of thiazole rings is 1. The van der Waals surface area contributed by atoms with Crippen LogP contribution in [0.5, 0.6) is 0 Å². The molecule has 0 spiro atoms. The summed E-state index contributed by atoms with van der Waals surface area (Å²) < 4.78 is 0. The third kappa shape index (κ3) is 2.94. The van der Waals surface area contributed by atoms with Crippen LogP contribution in [-0.2, 0) is 6.42 Å². The van der Waals surface area contributed by atoms with E-state index in [1.807, 2.05) is 11.3 Å². The quantitative estimate of drug-likeness (QED) is 0.900. The Morgan fingerprint density at radius 1 is 1.11 bits per heavy atom. The SMILES string of the molecule is NC1CCC(Cc2nc(C3CCCC3)cs2)CC1. The van der Waals surface area contributed by atoms with Gasteiger partial charge in [0.1, 0.15) is 0 Å². The highest BCUT2D eigenvalue weighted by Gasteiger charge is 2.22. The lowest BCUT2D eigenvalue weighted by molar-refractivity contribution is 0.324. The topological polar surface area (TPSA) is 38.9 Å². The Balaban J connectivity index is 1.56. The van der Waals surface area contributed by atoms with Crippen LogP contribution in [0.25, 0.3) is 0 Å². The van der Waals surface area contributed by atoms with Crippen molar-refractivity contribution in [2.24, 2.45) is 11.7 Å². The van der Waals surface area contributed by atoms with Gasteiger partial charge >= 0.3 is 0 Å². The van der Waals surface area contributed by atoms with Crippen molar-refractivity contribution < 1.29 is 0 Å². The van der Waals surface area contributed by atoms with Crippen LogP contribution in [0, 0.1) is 5.92 Å². The van der Waals surface area contributed by atoms with Crippen molar-refractivity contribution in [3.8, 4) is 0 Å². The summed E-state index contributed by atoms with van der Waals surface area (Å²) in [5.74, 6) is 1.61. The van der Waals surface area contributed by atoms with Crippen molar-refractivity contribution >= 4 is 11.3 Å². The molecule has 18 heavy (non-hydrogen) atoms. The van der Waals surface area contributed by atoms with E-state index in [0.717, 1.165) is 11.8 Å². The molecule has 1 aromatic heterocycles. The molecule has 1 heterocycles. The molecule has 0 bridgehead atoms. The van der Waals surface area contributed by atoms with E-state index in [4.69, 9.17) is 10.7 Å². The highest BCUT2D eigenvalue weighted by molar-refractivity contribution is 7.09. The molecule has 2 aliphatic rings. The summed E-state index contributed by atoms with van der Waals surface area (Å²) in [7, 11) is 0. The monoisotopic (exact) mass is 264 g/mol. The molecule has 0 amide bonds. The van der Waals surface area contributed by atoms with E-state index in [0.29, 0.717) is 6.04 Å². The highest BCUT2D eigenvalue weighted by Crippen LogP contribution is 2.35. The molecule has 0 aliphatic heterocycles. The van der Waals surface area contributed by atoms with Crippen molar-refractivity contribution in [2.75, 3.05) is 0 Å². The molecule has 2 aliphatic carbocycles. The van der Waals surface area contributed by atoms with Gasteiger partial charge in [-0.1, -0.05) is 12.8 Å². The number of hydrogen-bond donors (Lipinski definition) is 1. The van der Waals surface area contributed by atoms with Gasteiger partial charge in [-0.15, -0.1) is 11.3 Å². The largest absolute Gasteiger partial charge is 0.328 e. The van der Waals surface area contributed by atoms with Gasteiger partial charge in [0.2, 0.25) is 0 Å². The molecule has 0 saturated heterocycles. The van der Waals surface area contributed by atoms with Crippen LogP contribution in [0.4, 0.5) is 0 Å². The van der Waals surface area contributed by atoms with E-state index in [1.165, 1.54) is 68.5 Å². The normalized spacial score (nSPS) is 29.8. The van der Waals surface area contributed by atoms with Crippen LogP contribution in [0.1, 0.15) is 68.0 Å². The van der Waals surface area contributed by atoms with Crippen LogP contribution in [0.3, 0.4) is 0 Å². The standard InChI is InChI=1S/C15H24N2S/c16-13-7-5-11(6-8-13)9-15-17-14(10-18-15)12-3-1-2-4-12/h10-13H,1-9,16H2. The Labute approximate surface area is 114 Å². The second-order valence-corrected chi connectivity index (χ2v) is 7.08. The number of aromatic nitrogens is 1. The Morgan fingerprint density at radius 3 is 2.56 bits per heavy atom. The maximum atomic E-state index is 5.96. The zero-order valence-corrected chi connectivity index (χ0v) is 11.9. The molecular formula is C15H24N2S. The Morgan fingerprint density at radius 2 is 1.83 bits per heavy atom. The van der Waals surface area contributed by atoms with Crippen LogP contribution in [0.2, 0.25) is 0 Å². The summed E-state index contributed by atoms with van der Waals surface area (Å²) in [4.78, 5) is 4.89. The second-order valence-electron chi connectivity index (χ2n) is 6.13. The average molecular weight is 264 g/mol. The van der Waals surface area contributed by atoms with E-state index in [-0.39, 0.29) is 0 Å². The van der Waals surface area contributed by atoms with Crippen molar-refractivity contribution in [1.29, 1.82) is 0 Å². The molecular weight excluding hydrogens is 240 g/mol. The van der Waals surface area contributed by atoms with Gasteiger partial charge < -0.3 is 5.73 Å².